The van der Waals surface area contributed by atoms with Crippen molar-refractivity contribution in [2.75, 3.05) is 13.2 Å². The lowest BCUT2D eigenvalue weighted by Gasteiger charge is -2.25. The number of rotatable bonds is 6. The fourth-order valence-corrected chi connectivity index (χ4v) is 1.10. The van der Waals surface area contributed by atoms with Crippen LogP contribution >= 0.6 is 0 Å². The number of esters is 1. The highest BCUT2D eigenvalue weighted by Gasteiger charge is 2.23. The summed E-state index contributed by atoms with van der Waals surface area (Å²) in [6, 6.07) is 0. The highest BCUT2D eigenvalue weighted by molar-refractivity contribution is 5.81. The van der Waals surface area contributed by atoms with Gasteiger partial charge in [-0.25, -0.2) is 4.79 Å². The Morgan fingerprint density at radius 1 is 1.69 bits per heavy atom. The van der Waals surface area contributed by atoms with Gasteiger partial charge in [0.25, 0.3) is 0 Å². The van der Waals surface area contributed by atoms with Gasteiger partial charge in [-0.3, -0.25) is 0 Å². The van der Waals surface area contributed by atoms with Crippen molar-refractivity contribution < 1.29 is 14.6 Å². The molecule has 0 rings (SSSR count). The van der Waals surface area contributed by atoms with Gasteiger partial charge in [-0.05, 0) is 6.42 Å². The number of carbonyl (C=O) groups excluding carboxylic acids is 1. The minimum Gasteiger partial charge on any atom is -0.462 e. The minimum absolute atomic E-state index is 0.0330. The molecule has 0 saturated carbocycles. The Hall–Kier alpha value is -0.830. The molecule has 0 aliphatic carbocycles. The molecule has 3 heteroatoms. The van der Waals surface area contributed by atoms with Crippen molar-refractivity contribution in [3.8, 4) is 0 Å². The van der Waals surface area contributed by atoms with E-state index in [1.807, 2.05) is 13.8 Å². The molecular weight excluding hydrogens is 168 g/mol. The monoisotopic (exact) mass is 186 g/mol. The molecule has 76 valence electrons. The highest BCUT2D eigenvalue weighted by Crippen LogP contribution is 2.22. The second-order valence-corrected chi connectivity index (χ2v) is 3.53. The molecule has 0 aliphatic rings. The quantitative estimate of drug-likeness (QED) is 0.505. The summed E-state index contributed by atoms with van der Waals surface area (Å²) in [5, 5.41) is 9.08. The summed E-state index contributed by atoms with van der Waals surface area (Å²) in [7, 11) is 0. The zero-order chi connectivity index (χ0) is 10.3. The van der Waals surface area contributed by atoms with Gasteiger partial charge in [-0.15, -0.1) is 0 Å². The van der Waals surface area contributed by atoms with Crippen LogP contribution in [0.15, 0.2) is 12.7 Å². The van der Waals surface area contributed by atoms with Crippen LogP contribution in [0.2, 0.25) is 0 Å². The standard InChI is InChI=1S/C10H18O3/c1-4-6-10(3,7-11)8-13-9(12)5-2/h5,11H,2,4,6-8H2,1,3H3. The SMILES string of the molecule is C=CC(=O)OCC(C)(CO)CCC. The molecule has 0 fully saturated rings. The topological polar surface area (TPSA) is 46.5 Å². The fourth-order valence-electron chi connectivity index (χ4n) is 1.10. The predicted molar refractivity (Wildman–Crippen MR) is 51.3 cm³/mol. The maximum absolute atomic E-state index is 10.8. The van der Waals surface area contributed by atoms with Crippen molar-refractivity contribution in [2.45, 2.75) is 26.7 Å². The molecule has 13 heavy (non-hydrogen) atoms. The predicted octanol–water partition coefficient (Wildman–Crippen LogP) is 1.51. The number of aliphatic hydroxyl groups is 1. The first-order valence-electron chi connectivity index (χ1n) is 4.48. The highest BCUT2D eigenvalue weighted by atomic mass is 16.5. The molecule has 0 aromatic rings. The molecule has 0 aromatic carbocycles. The molecule has 0 heterocycles. The summed E-state index contributed by atoms with van der Waals surface area (Å²) in [6.45, 7) is 7.51. The van der Waals surface area contributed by atoms with E-state index in [4.69, 9.17) is 9.84 Å². The molecular formula is C10H18O3. The van der Waals surface area contributed by atoms with Gasteiger partial charge < -0.3 is 9.84 Å². The molecule has 1 unspecified atom stereocenters. The molecule has 3 nitrogen and oxygen atoms in total. The normalized spacial score (nSPS) is 14.7. The zero-order valence-corrected chi connectivity index (χ0v) is 8.38. The third kappa shape index (κ3) is 4.68. The van der Waals surface area contributed by atoms with Crippen LogP contribution in [-0.4, -0.2) is 24.3 Å². The maximum atomic E-state index is 10.8. The van der Waals surface area contributed by atoms with Crippen molar-refractivity contribution in [3.05, 3.63) is 12.7 Å². The fraction of sp³-hybridized carbons (Fsp3) is 0.700. The van der Waals surface area contributed by atoms with Crippen LogP contribution in [0.1, 0.15) is 26.7 Å². The molecule has 0 amide bonds. The number of ether oxygens (including phenoxy) is 1. The zero-order valence-electron chi connectivity index (χ0n) is 8.38. The van der Waals surface area contributed by atoms with Crippen LogP contribution in [0.4, 0.5) is 0 Å². The Balaban J connectivity index is 3.96. The van der Waals surface area contributed by atoms with Crippen LogP contribution in [0.5, 0.6) is 0 Å². The molecule has 0 saturated heterocycles. The number of aliphatic hydroxyl groups excluding tert-OH is 1. The van der Waals surface area contributed by atoms with Gasteiger partial charge >= 0.3 is 5.97 Å². The third-order valence-electron chi connectivity index (χ3n) is 1.96. The van der Waals surface area contributed by atoms with Crippen LogP contribution in [0, 0.1) is 5.41 Å². The van der Waals surface area contributed by atoms with Crippen molar-refractivity contribution in [1.29, 1.82) is 0 Å². The summed E-state index contributed by atoms with van der Waals surface area (Å²) >= 11 is 0. The van der Waals surface area contributed by atoms with E-state index < -0.39 is 5.97 Å². The lowest BCUT2D eigenvalue weighted by molar-refractivity contribution is -0.142. The lowest BCUT2D eigenvalue weighted by atomic mass is 9.88. The second kappa shape index (κ2) is 5.75. The Morgan fingerprint density at radius 2 is 2.31 bits per heavy atom. The molecule has 0 bridgehead atoms. The third-order valence-corrected chi connectivity index (χ3v) is 1.96. The molecule has 1 N–H and O–H groups in total. The van der Waals surface area contributed by atoms with Gasteiger partial charge in [0.2, 0.25) is 0 Å². The van der Waals surface area contributed by atoms with Gasteiger partial charge in [0, 0.05) is 11.5 Å². The number of hydrogen-bond donors (Lipinski definition) is 1. The molecule has 0 aliphatic heterocycles. The summed E-state index contributed by atoms with van der Waals surface area (Å²) in [5.74, 6) is -0.434. The Labute approximate surface area is 79.4 Å². The van der Waals surface area contributed by atoms with E-state index in [1.54, 1.807) is 0 Å². The Bertz CT molecular complexity index is 177. The first-order valence-corrected chi connectivity index (χ1v) is 4.48. The summed E-state index contributed by atoms with van der Waals surface area (Å²) in [6.07, 6.45) is 2.93. The van der Waals surface area contributed by atoms with Crippen LogP contribution in [0.25, 0.3) is 0 Å². The lowest BCUT2D eigenvalue weighted by Crippen LogP contribution is -2.28. The van der Waals surface area contributed by atoms with E-state index in [0.717, 1.165) is 18.9 Å². The van der Waals surface area contributed by atoms with Crippen molar-refractivity contribution >= 4 is 5.97 Å². The van der Waals surface area contributed by atoms with Gasteiger partial charge in [0.05, 0.1) is 13.2 Å². The van der Waals surface area contributed by atoms with Crippen molar-refractivity contribution in [2.24, 2.45) is 5.41 Å². The Morgan fingerprint density at radius 3 is 2.69 bits per heavy atom. The van der Waals surface area contributed by atoms with Gasteiger partial charge in [0.15, 0.2) is 0 Å². The van der Waals surface area contributed by atoms with Crippen LogP contribution in [-0.2, 0) is 9.53 Å². The van der Waals surface area contributed by atoms with Crippen molar-refractivity contribution in [1.82, 2.24) is 0 Å². The van der Waals surface area contributed by atoms with E-state index in [2.05, 4.69) is 6.58 Å². The average Bonchev–Trinajstić information content (AvgIpc) is 2.15. The van der Waals surface area contributed by atoms with E-state index >= 15 is 0 Å². The van der Waals surface area contributed by atoms with E-state index in [9.17, 15) is 4.79 Å². The number of hydrogen-bond acceptors (Lipinski definition) is 3. The summed E-state index contributed by atoms with van der Waals surface area (Å²) < 4.78 is 4.88. The first-order chi connectivity index (χ1) is 6.08. The summed E-state index contributed by atoms with van der Waals surface area (Å²) in [5.41, 5.74) is -0.312. The van der Waals surface area contributed by atoms with E-state index in [0.29, 0.717) is 0 Å². The van der Waals surface area contributed by atoms with Crippen LogP contribution in [0.3, 0.4) is 0 Å². The molecule has 0 radical (unpaired) electrons. The Kier molecular flexibility index (Phi) is 5.39. The summed E-state index contributed by atoms with van der Waals surface area (Å²) in [4.78, 5) is 10.8. The van der Waals surface area contributed by atoms with Gasteiger partial charge in [-0.1, -0.05) is 26.8 Å². The minimum atomic E-state index is -0.434. The van der Waals surface area contributed by atoms with E-state index in [1.165, 1.54) is 0 Å². The van der Waals surface area contributed by atoms with Gasteiger partial charge in [-0.2, -0.15) is 0 Å². The van der Waals surface area contributed by atoms with Crippen molar-refractivity contribution in [3.63, 3.8) is 0 Å². The smallest absolute Gasteiger partial charge is 0.330 e. The number of carbonyl (C=O) groups is 1. The molecule has 0 spiro atoms. The van der Waals surface area contributed by atoms with E-state index in [-0.39, 0.29) is 18.6 Å². The second-order valence-electron chi connectivity index (χ2n) is 3.53. The average molecular weight is 186 g/mol. The first kappa shape index (κ1) is 12.2. The maximum Gasteiger partial charge on any atom is 0.330 e. The molecule has 1 atom stereocenters. The van der Waals surface area contributed by atoms with Gasteiger partial charge in [0.1, 0.15) is 0 Å². The van der Waals surface area contributed by atoms with Crippen LogP contribution < -0.4 is 0 Å². The largest absolute Gasteiger partial charge is 0.462 e. The molecule has 0 aromatic heterocycles.